The number of rotatable bonds is 7. The summed E-state index contributed by atoms with van der Waals surface area (Å²) in [6.07, 6.45) is -1.60. The molecule has 1 amide bonds. The lowest BCUT2D eigenvalue weighted by molar-refractivity contribution is -0.122. The Morgan fingerprint density at radius 3 is 2.71 bits per heavy atom. The molecule has 0 aromatic carbocycles. The van der Waals surface area contributed by atoms with Gasteiger partial charge in [0, 0.05) is 12.1 Å². The lowest BCUT2D eigenvalue weighted by atomic mass is 10.1. The zero-order chi connectivity index (χ0) is 25.0. The molecule has 2 saturated heterocycles. The predicted octanol–water partition coefficient (Wildman–Crippen LogP) is -0.136. The summed E-state index contributed by atoms with van der Waals surface area (Å²) in [6, 6.07) is 1.92. The number of aliphatic hydroxyl groups excluding tert-OH is 2. The van der Waals surface area contributed by atoms with E-state index in [0.717, 1.165) is 25.7 Å². The van der Waals surface area contributed by atoms with Crippen LogP contribution in [0.5, 0.6) is 0 Å². The lowest BCUT2D eigenvalue weighted by Gasteiger charge is -2.29. The number of halogens is 1. The summed E-state index contributed by atoms with van der Waals surface area (Å²) in [5.41, 5.74) is 1.29. The van der Waals surface area contributed by atoms with Crippen molar-refractivity contribution in [2.24, 2.45) is 0 Å². The van der Waals surface area contributed by atoms with Gasteiger partial charge in [0.15, 0.2) is 22.7 Å². The van der Waals surface area contributed by atoms with Crippen LogP contribution in [0.1, 0.15) is 38.3 Å². The van der Waals surface area contributed by atoms with Crippen molar-refractivity contribution in [1.29, 1.82) is 0 Å². The third-order valence-electron chi connectivity index (χ3n) is 6.74. The summed E-state index contributed by atoms with van der Waals surface area (Å²) in [7, 11) is -4.86. The van der Waals surface area contributed by atoms with Gasteiger partial charge in [-0.3, -0.25) is 9.36 Å². The number of nitrogens with one attached hydrogen (secondary N) is 2. The van der Waals surface area contributed by atoms with Crippen molar-refractivity contribution in [2.45, 2.75) is 68.0 Å². The summed E-state index contributed by atoms with van der Waals surface area (Å²) < 4.78 is 24.4. The van der Waals surface area contributed by atoms with Crippen molar-refractivity contribution >= 4 is 42.0 Å². The molecular weight excluding hydrogens is 507 g/mol. The van der Waals surface area contributed by atoms with Crippen LogP contribution in [0, 0.1) is 0 Å². The topological polar surface area (TPSA) is 201 Å². The van der Waals surface area contributed by atoms with Crippen LogP contribution in [0.2, 0.25) is 5.15 Å². The maximum absolute atomic E-state index is 12.0. The Bertz CT molecular complexity index is 1170. The Morgan fingerprint density at radius 1 is 1.31 bits per heavy atom. The molecule has 0 bridgehead atoms. The molecule has 35 heavy (non-hydrogen) atoms. The largest absolute Gasteiger partial charge is 0.387 e. The van der Waals surface area contributed by atoms with E-state index < -0.39 is 63.0 Å². The molecule has 0 radical (unpaired) electrons. The molecule has 6 N–H and O–H groups in total. The first-order valence-electron chi connectivity index (χ1n) is 11.2. The van der Waals surface area contributed by atoms with Crippen molar-refractivity contribution in [3.63, 3.8) is 0 Å². The van der Waals surface area contributed by atoms with Crippen molar-refractivity contribution in [3.8, 4) is 0 Å². The van der Waals surface area contributed by atoms with E-state index in [0.29, 0.717) is 11.2 Å². The fraction of sp³-hybridized carbons (Fsp3) is 0.684. The highest BCUT2D eigenvalue weighted by Crippen LogP contribution is 2.54. The van der Waals surface area contributed by atoms with Gasteiger partial charge in [-0.2, -0.15) is 4.68 Å². The number of aliphatic hydroxyl groups is 2. The Balaban J connectivity index is 1.36. The van der Waals surface area contributed by atoms with Gasteiger partial charge in [0.1, 0.15) is 23.5 Å². The number of anilines is 1. The van der Waals surface area contributed by atoms with Crippen molar-refractivity contribution < 1.29 is 38.8 Å². The maximum Gasteiger partial charge on any atom is 0.359 e. The average Bonchev–Trinajstić information content (AvgIpc) is 3.56. The molecule has 4 heterocycles. The number of pyridine rings is 1. The molecule has 3 aliphatic rings. The normalized spacial score (nSPS) is 32.0. The second-order valence-corrected chi connectivity index (χ2v) is 11.4. The van der Waals surface area contributed by atoms with Gasteiger partial charge in [0.25, 0.3) is 0 Å². The number of fused-ring (bicyclic) bond motifs is 1. The highest BCUT2D eigenvalue weighted by atomic mass is 35.5. The summed E-state index contributed by atoms with van der Waals surface area (Å²) in [4.78, 5) is 35.4. The molecule has 5 atom stereocenters. The smallest absolute Gasteiger partial charge is 0.359 e. The molecule has 1 aliphatic carbocycles. The SMILES string of the molecule is O=C1CC(OC[C@H]2O[C@@H](n3nnc4c(NC5CCCC5)cc(Cl)nc43)[C@H](O)[C@@H]2O)(P(=O)(O)O)CN1. The van der Waals surface area contributed by atoms with Gasteiger partial charge in [-0.25, -0.2) is 4.98 Å². The fourth-order valence-electron chi connectivity index (χ4n) is 4.77. The quantitative estimate of drug-likeness (QED) is 0.204. The van der Waals surface area contributed by atoms with Crippen molar-refractivity contribution in [2.75, 3.05) is 18.5 Å². The van der Waals surface area contributed by atoms with Gasteiger partial charge in [-0.05, 0) is 12.8 Å². The summed E-state index contributed by atoms with van der Waals surface area (Å²) in [6.45, 7) is -0.887. The molecule has 2 aliphatic heterocycles. The molecule has 0 spiro atoms. The number of hydrogen-bond donors (Lipinski definition) is 6. The van der Waals surface area contributed by atoms with E-state index in [2.05, 4.69) is 25.9 Å². The van der Waals surface area contributed by atoms with E-state index in [-0.39, 0.29) is 16.8 Å². The van der Waals surface area contributed by atoms with Crippen LogP contribution >= 0.6 is 19.2 Å². The number of amides is 1. The molecule has 1 saturated carbocycles. The first kappa shape index (κ1) is 24.8. The lowest BCUT2D eigenvalue weighted by Crippen LogP contribution is -2.40. The first-order chi connectivity index (χ1) is 16.6. The number of carbonyl (C=O) groups excluding carboxylic acids is 1. The maximum atomic E-state index is 12.0. The summed E-state index contributed by atoms with van der Waals surface area (Å²) in [5.74, 6) is -0.571. The van der Waals surface area contributed by atoms with E-state index in [4.69, 9.17) is 21.1 Å². The summed E-state index contributed by atoms with van der Waals surface area (Å²) in [5, 5.41) is 33.3. The standard InChI is InChI=1S/C19H26ClN6O8P/c20-12-5-10(22-9-3-1-2-4-9)14-17(23-12)26(25-24-14)18-16(29)15(28)11(34-18)7-33-19(35(30,31)32)6-13(27)21-8-19/h5,9,11,15-16,18,28-29H,1-4,6-8H2,(H,21,27)(H,22,23)(H2,30,31,32)/t11-,15-,16-,18-,19?/m1/s1. The number of ether oxygens (including phenoxy) is 2. The zero-order valence-corrected chi connectivity index (χ0v) is 20.1. The zero-order valence-electron chi connectivity index (χ0n) is 18.4. The van der Waals surface area contributed by atoms with Crippen molar-refractivity contribution in [1.82, 2.24) is 25.3 Å². The van der Waals surface area contributed by atoms with E-state index in [1.807, 2.05) is 0 Å². The van der Waals surface area contributed by atoms with Crippen LogP contribution in [0.3, 0.4) is 0 Å². The minimum atomic E-state index is -4.86. The van der Waals surface area contributed by atoms with Gasteiger partial charge >= 0.3 is 7.60 Å². The van der Waals surface area contributed by atoms with Crippen LogP contribution in [-0.4, -0.2) is 88.7 Å². The number of nitrogens with zero attached hydrogens (tertiary/aromatic N) is 4. The molecule has 2 aromatic heterocycles. The summed E-state index contributed by atoms with van der Waals surface area (Å²) >= 11 is 6.23. The average molecular weight is 533 g/mol. The Morgan fingerprint density at radius 2 is 2.06 bits per heavy atom. The Hall–Kier alpha value is -1.90. The van der Waals surface area contributed by atoms with Gasteiger partial charge in [0.05, 0.1) is 25.3 Å². The third kappa shape index (κ3) is 4.53. The third-order valence-corrected chi connectivity index (χ3v) is 8.44. The van der Waals surface area contributed by atoms with Gasteiger partial charge in [-0.15, -0.1) is 5.10 Å². The van der Waals surface area contributed by atoms with Gasteiger partial charge in [0.2, 0.25) is 5.91 Å². The molecule has 192 valence electrons. The van der Waals surface area contributed by atoms with E-state index >= 15 is 0 Å². The predicted molar refractivity (Wildman–Crippen MR) is 120 cm³/mol. The van der Waals surface area contributed by atoms with Gasteiger partial charge < -0.3 is 40.1 Å². The first-order valence-corrected chi connectivity index (χ1v) is 13.2. The minimum absolute atomic E-state index is 0.177. The van der Waals surface area contributed by atoms with E-state index in [1.165, 1.54) is 4.68 Å². The Labute approximate surface area is 204 Å². The van der Waals surface area contributed by atoms with Crippen LogP contribution < -0.4 is 10.6 Å². The number of aromatic nitrogens is 4. The molecule has 16 heteroatoms. The highest BCUT2D eigenvalue weighted by molar-refractivity contribution is 7.53. The van der Waals surface area contributed by atoms with Crippen LogP contribution in [0.25, 0.3) is 11.2 Å². The molecule has 5 rings (SSSR count). The highest BCUT2D eigenvalue weighted by Gasteiger charge is 2.55. The second kappa shape index (κ2) is 9.20. The Kier molecular flexibility index (Phi) is 6.51. The monoisotopic (exact) mass is 532 g/mol. The molecular formula is C19H26ClN6O8P. The van der Waals surface area contributed by atoms with Crippen LogP contribution in [0.15, 0.2) is 6.07 Å². The molecule has 14 nitrogen and oxygen atoms in total. The second-order valence-electron chi connectivity index (χ2n) is 9.13. The minimum Gasteiger partial charge on any atom is -0.387 e. The van der Waals surface area contributed by atoms with Crippen LogP contribution in [-0.2, 0) is 18.8 Å². The molecule has 3 fully saturated rings. The molecule has 1 unspecified atom stereocenters. The number of hydrogen-bond acceptors (Lipinski definition) is 10. The number of carbonyl (C=O) groups is 1. The fourth-order valence-corrected chi connectivity index (χ4v) is 5.84. The molecule has 2 aromatic rings. The van der Waals surface area contributed by atoms with Crippen LogP contribution in [0.4, 0.5) is 5.69 Å². The van der Waals surface area contributed by atoms with Gasteiger partial charge in [-0.1, -0.05) is 29.7 Å². The van der Waals surface area contributed by atoms with E-state index in [9.17, 15) is 29.4 Å². The van der Waals surface area contributed by atoms with E-state index in [1.54, 1.807) is 6.07 Å². The van der Waals surface area contributed by atoms with Crippen molar-refractivity contribution in [3.05, 3.63) is 11.2 Å².